The van der Waals surface area contributed by atoms with Gasteiger partial charge in [0.2, 0.25) is 5.89 Å². The van der Waals surface area contributed by atoms with Crippen molar-refractivity contribution in [1.82, 2.24) is 10.2 Å². The van der Waals surface area contributed by atoms with Crippen molar-refractivity contribution in [3.8, 4) is 28.7 Å². The Morgan fingerprint density at radius 2 is 1.72 bits per heavy atom. The number of benzene rings is 2. The van der Waals surface area contributed by atoms with Crippen LogP contribution in [0.4, 0.5) is 5.69 Å². The molecule has 2 aromatic carbocycles. The summed E-state index contributed by atoms with van der Waals surface area (Å²) in [6.07, 6.45) is 0. The molecule has 0 bridgehead atoms. The van der Waals surface area contributed by atoms with Crippen LogP contribution >= 0.6 is 0 Å². The topological polar surface area (TPSA) is 78.6 Å². The van der Waals surface area contributed by atoms with E-state index in [9.17, 15) is 0 Å². The van der Waals surface area contributed by atoms with E-state index in [0.717, 1.165) is 17.0 Å². The third-order valence-corrected chi connectivity index (χ3v) is 3.64. The van der Waals surface area contributed by atoms with E-state index < -0.39 is 0 Å². The van der Waals surface area contributed by atoms with Crippen LogP contribution in [0, 0.1) is 0 Å². The summed E-state index contributed by atoms with van der Waals surface area (Å²) in [6, 6.07) is 13.0. The number of nitrogens with one attached hydrogen (secondary N) is 1. The molecule has 0 saturated carbocycles. The van der Waals surface area contributed by atoms with E-state index in [4.69, 9.17) is 18.6 Å². The van der Waals surface area contributed by atoms with Crippen molar-refractivity contribution >= 4 is 5.69 Å². The number of hydrogen-bond acceptors (Lipinski definition) is 7. The Hall–Kier alpha value is -3.22. The molecule has 0 fully saturated rings. The molecule has 0 aliphatic heterocycles. The van der Waals surface area contributed by atoms with Gasteiger partial charge in [0.25, 0.3) is 5.89 Å². The van der Waals surface area contributed by atoms with E-state index in [1.807, 2.05) is 42.5 Å². The SMILES string of the molecule is COc1ccc(OC)c(NCc2nnc(-c3ccccc3OC)o2)c1. The second-order valence-corrected chi connectivity index (χ2v) is 5.12. The largest absolute Gasteiger partial charge is 0.497 e. The number of ether oxygens (including phenoxy) is 3. The summed E-state index contributed by atoms with van der Waals surface area (Å²) >= 11 is 0. The Kier molecular flexibility index (Phi) is 5.03. The Bertz CT molecular complexity index is 848. The summed E-state index contributed by atoms with van der Waals surface area (Å²) in [7, 11) is 4.83. The molecule has 0 aliphatic rings. The van der Waals surface area contributed by atoms with Gasteiger partial charge in [0.15, 0.2) is 0 Å². The fourth-order valence-electron chi connectivity index (χ4n) is 2.38. The van der Waals surface area contributed by atoms with Crippen LogP contribution in [0.15, 0.2) is 46.9 Å². The van der Waals surface area contributed by atoms with E-state index in [1.54, 1.807) is 21.3 Å². The van der Waals surface area contributed by atoms with Gasteiger partial charge in [-0.25, -0.2) is 0 Å². The lowest BCUT2D eigenvalue weighted by atomic mass is 10.2. The zero-order valence-corrected chi connectivity index (χ0v) is 14.3. The molecule has 0 radical (unpaired) electrons. The quantitative estimate of drug-likeness (QED) is 0.706. The predicted octanol–water partition coefficient (Wildman–Crippen LogP) is 3.37. The van der Waals surface area contributed by atoms with Gasteiger partial charge in [0.05, 0.1) is 39.1 Å². The van der Waals surface area contributed by atoms with Crippen molar-refractivity contribution in [2.24, 2.45) is 0 Å². The lowest BCUT2D eigenvalue weighted by molar-refractivity contribution is 0.404. The molecule has 0 spiro atoms. The Labute approximate surface area is 145 Å². The molecule has 0 aliphatic carbocycles. The van der Waals surface area contributed by atoms with Crippen LogP contribution in [-0.2, 0) is 6.54 Å². The molecular weight excluding hydrogens is 322 g/mol. The zero-order valence-electron chi connectivity index (χ0n) is 14.3. The second-order valence-electron chi connectivity index (χ2n) is 5.12. The predicted molar refractivity (Wildman–Crippen MR) is 93.2 cm³/mol. The maximum Gasteiger partial charge on any atom is 0.251 e. The molecule has 1 aromatic heterocycles. The Balaban J connectivity index is 1.76. The summed E-state index contributed by atoms with van der Waals surface area (Å²) in [6.45, 7) is 0.353. The standard InChI is InChI=1S/C18H19N3O4/c1-22-12-8-9-16(24-3)14(10-12)19-11-17-20-21-18(25-17)13-6-4-5-7-15(13)23-2/h4-10,19H,11H2,1-3H3. The second kappa shape index (κ2) is 7.57. The van der Waals surface area contributed by atoms with Gasteiger partial charge in [0.1, 0.15) is 17.2 Å². The van der Waals surface area contributed by atoms with Gasteiger partial charge in [-0.05, 0) is 24.3 Å². The van der Waals surface area contributed by atoms with Gasteiger partial charge in [-0.15, -0.1) is 10.2 Å². The van der Waals surface area contributed by atoms with E-state index in [1.165, 1.54) is 0 Å². The molecule has 7 nitrogen and oxygen atoms in total. The molecule has 1 heterocycles. The summed E-state index contributed by atoms with van der Waals surface area (Å²) in [4.78, 5) is 0. The minimum absolute atomic E-state index is 0.353. The summed E-state index contributed by atoms with van der Waals surface area (Å²) in [5.41, 5.74) is 1.53. The average Bonchev–Trinajstić information content (AvgIpc) is 3.14. The number of rotatable bonds is 7. The fourth-order valence-corrected chi connectivity index (χ4v) is 2.38. The minimum atomic E-state index is 0.353. The Morgan fingerprint density at radius 1 is 0.920 bits per heavy atom. The lowest BCUT2D eigenvalue weighted by Gasteiger charge is -2.11. The molecule has 0 atom stereocenters. The van der Waals surface area contributed by atoms with Crippen molar-refractivity contribution in [3.05, 3.63) is 48.4 Å². The minimum Gasteiger partial charge on any atom is -0.497 e. The third kappa shape index (κ3) is 3.65. The molecule has 0 unspecified atom stereocenters. The van der Waals surface area contributed by atoms with Gasteiger partial charge in [-0.3, -0.25) is 0 Å². The average molecular weight is 341 g/mol. The number of methoxy groups -OCH3 is 3. The van der Waals surface area contributed by atoms with Crippen LogP contribution < -0.4 is 19.5 Å². The van der Waals surface area contributed by atoms with E-state index >= 15 is 0 Å². The number of hydrogen-bond donors (Lipinski definition) is 1. The number of aromatic nitrogens is 2. The van der Waals surface area contributed by atoms with Gasteiger partial charge in [-0.2, -0.15) is 0 Å². The van der Waals surface area contributed by atoms with Gasteiger partial charge in [0, 0.05) is 6.07 Å². The summed E-state index contributed by atoms with van der Waals surface area (Å²) < 4.78 is 21.6. The number of nitrogens with zero attached hydrogens (tertiary/aromatic N) is 2. The van der Waals surface area contributed by atoms with Gasteiger partial charge >= 0.3 is 0 Å². The molecule has 7 heteroatoms. The fraction of sp³-hybridized carbons (Fsp3) is 0.222. The highest BCUT2D eigenvalue weighted by molar-refractivity contribution is 5.62. The van der Waals surface area contributed by atoms with Crippen LogP contribution in [0.25, 0.3) is 11.5 Å². The maximum atomic E-state index is 5.73. The van der Waals surface area contributed by atoms with E-state index in [-0.39, 0.29) is 0 Å². The molecule has 25 heavy (non-hydrogen) atoms. The molecule has 130 valence electrons. The van der Waals surface area contributed by atoms with E-state index in [0.29, 0.717) is 29.8 Å². The molecule has 0 amide bonds. The molecule has 0 saturated heterocycles. The van der Waals surface area contributed by atoms with E-state index in [2.05, 4.69) is 15.5 Å². The first kappa shape index (κ1) is 16.6. The highest BCUT2D eigenvalue weighted by Crippen LogP contribution is 2.30. The summed E-state index contributed by atoms with van der Waals surface area (Å²) in [5.74, 6) is 2.96. The smallest absolute Gasteiger partial charge is 0.251 e. The van der Waals surface area contributed by atoms with Gasteiger partial charge in [-0.1, -0.05) is 12.1 Å². The number of anilines is 1. The molecule has 3 rings (SSSR count). The highest BCUT2D eigenvalue weighted by atomic mass is 16.5. The Morgan fingerprint density at radius 3 is 2.48 bits per heavy atom. The van der Waals surface area contributed by atoms with Crippen LogP contribution in [0.5, 0.6) is 17.2 Å². The van der Waals surface area contributed by atoms with Crippen molar-refractivity contribution in [3.63, 3.8) is 0 Å². The first-order valence-electron chi connectivity index (χ1n) is 7.67. The first-order valence-corrected chi connectivity index (χ1v) is 7.67. The first-order chi connectivity index (χ1) is 12.2. The van der Waals surface area contributed by atoms with Crippen LogP contribution in [0.3, 0.4) is 0 Å². The molecule has 1 N–H and O–H groups in total. The van der Waals surface area contributed by atoms with Gasteiger partial charge < -0.3 is 23.9 Å². The molecule has 3 aromatic rings. The maximum absolute atomic E-state index is 5.73. The summed E-state index contributed by atoms with van der Waals surface area (Å²) in [5, 5.41) is 11.4. The zero-order chi connectivity index (χ0) is 17.6. The molecular formula is C18H19N3O4. The lowest BCUT2D eigenvalue weighted by Crippen LogP contribution is -2.02. The highest BCUT2D eigenvalue weighted by Gasteiger charge is 2.13. The van der Waals surface area contributed by atoms with Crippen molar-refractivity contribution in [1.29, 1.82) is 0 Å². The van der Waals surface area contributed by atoms with Crippen LogP contribution in [-0.4, -0.2) is 31.5 Å². The van der Waals surface area contributed by atoms with Crippen molar-refractivity contribution < 1.29 is 18.6 Å². The van der Waals surface area contributed by atoms with Crippen LogP contribution in [0.2, 0.25) is 0 Å². The van der Waals surface area contributed by atoms with Crippen molar-refractivity contribution in [2.75, 3.05) is 26.6 Å². The van der Waals surface area contributed by atoms with Crippen molar-refractivity contribution in [2.45, 2.75) is 6.54 Å². The monoisotopic (exact) mass is 341 g/mol. The normalized spacial score (nSPS) is 10.4. The van der Waals surface area contributed by atoms with Crippen LogP contribution in [0.1, 0.15) is 5.89 Å². The number of para-hydroxylation sites is 1. The third-order valence-electron chi connectivity index (χ3n) is 3.64.